The highest BCUT2D eigenvalue weighted by molar-refractivity contribution is 5.72. The van der Waals surface area contributed by atoms with Gasteiger partial charge in [-0.05, 0) is 37.1 Å². The molecule has 0 aromatic heterocycles. The lowest BCUT2D eigenvalue weighted by Gasteiger charge is -2.06. The van der Waals surface area contributed by atoms with Crippen molar-refractivity contribution in [3.63, 3.8) is 0 Å². The SMILES string of the molecule is CCOC(=O)Cc1cc(C)cc(OC)c1. The topological polar surface area (TPSA) is 35.5 Å². The van der Waals surface area contributed by atoms with Crippen LogP contribution >= 0.6 is 0 Å². The van der Waals surface area contributed by atoms with Crippen LogP contribution in [0.1, 0.15) is 18.1 Å². The number of hydrogen-bond acceptors (Lipinski definition) is 3. The Bertz CT molecular complexity index is 345. The number of esters is 1. The van der Waals surface area contributed by atoms with Crippen molar-refractivity contribution in [3.05, 3.63) is 29.3 Å². The van der Waals surface area contributed by atoms with E-state index in [0.29, 0.717) is 13.0 Å². The van der Waals surface area contributed by atoms with E-state index in [1.807, 2.05) is 25.1 Å². The molecule has 0 fully saturated rings. The van der Waals surface area contributed by atoms with Crippen molar-refractivity contribution in [2.45, 2.75) is 20.3 Å². The van der Waals surface area contributed by atoms with Crippen molar-refractivity contribution >= 4 is 5.97 Å². The van der Waals surface area contributed by atoms with Crippen LogP contribution in [-0.2, 0) is 16.0 Å². The monoisotopic (exact) mass is 208 g/mol. The molecule has 3 nitrogen and oxygen atoms in total. The minimum Gasteiger partial charge on any atom is -0.497 e. The van der Waals surface area contributed by atoms with Gasteiger partial charge >= 0.3 is 5.97 Å². The van der Waals surface area contributed by atoms with E-state index in [0.717, 1.165) is 16.9 Å². The number of rotatable bonds is 4. The van der Waals surface area contributed by atoms with Gasteiger partial charge in [-0.25, -0.2) is 0 Å². The Morgan fingerprint density at radius 2 is 2.07 bits per heavy atom. The fourth-order valence-electron chi connectivity index (χ4n) is 1.42. The number of aryl methyl sites for hydroxylation is 1. The molecule has 1 rings (SSSR count). The lowest BCUT2D eigenvalue weighted by atomic mass is 10.1. The highest BCUT2D eigenvalue weighted by Gasteiger charge is 2.05. The molecule has 0 aliphatic heterocycles. The molecule has 0 spiro atoms. The Morgan fingerprint density at radius 1 is 1.33 bits per heavy atom. The molecule has 0 aliphatic rings. The third-order valence-corrected chi connectivity index (χ3v) is 2.00. The van der Waals surface area contributed by atoms with Gasteiger partial charge in [0.2, 0.25) is 0 Å². The lowest BCUT2D eigenvalue weighted by molar-refractivity contribution is -0.142. The Balaban J connectivity index is 2.76. The molecule has 0 bridgehead atoms. The number of hydrogen-bond donors (Lipinski definition) is 0. The summed E-state index contributed by atoms with van der Waals surface area (Å²) in [4.78, 5) is 11.3. The summed E-state index contributed by atoms with van der Waals surface area (Å²) >= 11 is 0. The predicted octanol–water partition coefficient (Wildman–Crippen LogP) is 2.11. The second-order valence-electron chi connectivity index (χ2n) is 3.34. The third-order valence-electron chi connectivity index (χ3n) is 2.00. The second kappa shape index (κ2) is 5.39. The summed E-state index contributed by atoms with van der Waals surface area (Å²) < 4.78 is 10.0. The first-order chi connectivity index (χ1) is 7.15. The molecule has 0 amide bonds. The zero-order chi connectivity index (χ0) is 11.3. The van der Waals surface area contributed by atoms with Gasteiger partial charge in [-0.3, -0.25) is 4.79 Å². The van der Waals surface area contributed by atoms with Gasteiger partial charge in [-0.1, -0.05) is 6.07 Å². The van der Waals surface area contributed by atoms with E-state index in [9.17, 15) is 4.79 Å². The number of ether oxygens (including phenoxy) is 2. The van der Waals surface area contributed by atoms with Crippen molar-refractivity contribution < 1.29 is 14.3 Å². The van der Waals surface area contributed by atoms with Crippen LogP contribution < -0.4 is 4.74 Å². The molecule has 82 valence electrons. The molecule has 0 heterocycles. The van der Waals surface area contributed by atoms with Gasteiger partial charge in [0.05, 0.1) is 20.1 Å². The third kappa shape index (κ3) is 3.62. The van der Waals surface area contributed by atoms with E-state index in [1.165, 1.54) is 0 Å². The number of carbonyl (C=O) groups excluding carboxylic acids is 1. The molecule has 15 heavy (non-hydrogen) atoms. The first kappa shape index (κ1) is 11.6. The molecule has 1 aromatic carbocycles. The molecule has 3 heteroatoms. The maximum absolute atomic E-state index is 11.3. The summed E-state index contributed by atoms with van der Waals surface area (Å²) in [7, 11) is 1.61. The molecule has 0 unspecified atom stereocenters. The highest BCUT2D eigenvalue weighted by atomic mass is 16.5. The van der Waals surface area contributed by atoms with Crippen molar-refractivity contribution in [1.82, 2.24) is 0 Å². The fourth-order valence-corrected chi connectivity index (χ4v) is 1.42. The van der Waals surface area contributed by atoms with E-state index in [4.69, 9.17) is 9.47 Å². The maximum Gasteiger partial charge on any atom is 0.310 e. The van der Waals surface area contributed by atoms with Crippen LogP contribution in [0.15, 0.2) is 18.2 Å². The maximum atomic E-state index is 11.3. The number of benzene rings is 1. The summed E-state index contributed by atoms with van der Waals surface area (Å²) in [6.45, 7) is 4.19. The van der Waals surface area contributed by atoms with E-state index in [2.05, 4.69) is 0 Å². The Hall–Kier alpha value is -1.51. The van der Waals surface area contributed by atoms with Gasteiger partial charge in [0, 0.05) is 0 Å². The zero-order valence-electron chi connectivity index (χ0n) is 9.37. The minimum atomic E-state index is -0.204. The molecule has 0 saturated carbocycles. The first-order valence-electron chi connectivity index (χ1n) is 4.96. The normalized spacial score (nSPS) is 9.80. The van der Waals surface area contributed by atoms with E-state index >= 15 is 0 Å². The average molecular weight is 208 g/mol. The molecular formula is C12H16O3. The number of carbonyl (C=O) groups is 1. The summed E-state index contributed by atoms with van der Waals surface area (Å²) in [6, 6.07) is 5.73. The van der Waals surface area contributed by atoms with Crippen LogP contribution in [0.3, 0.4) is 0 Å². The lowest BCUT2D eigenvalue weighted by Crippen LogP contribution is -2.07. The van der Waals surface area contributed by atoms with Crippen LogP contribution in [0.2, 0.25) is 0 Å². The van der Waals surface area contributed by atoms with Gasteiger partial charge in [0.25, 0.3) is 0 Å². The van der Waals surface area contributed by atoms with Crippen molar-refractivity contribution in [2.75, 3.05) is 13.7 Å². The van der Waals surface area contributed by atoms with Gasteiger partial charge < -0.3 is 9.47 Å². The summed E-state index contributed by atoms with van der Waals surface area (Å²) in [5.41, 5.74) is 2.00. The van der Waals surface area contributed by atoms with Crippen molar-refractivity contribution in [1.29, 1.82) is 0 Å². The van der Waals surface area contributed by atoms with E-state index in [-0.39, 0.29) is 5.97 Å². The molecule has 0 saturated heterocycles. The van der Waals surface area contributed by atoms with Gasteiger partial charge in [-0.2, -0.15) is 0 Å². The minimum absolute atomic E-state index is 0.204. The summed E-state index contributed by atoms with van der Waals surface area (Å²) in [5, 5.41) is 0. The van der Waals surface area contributed by atoms with Gasteiger partial charge in [0.1, 0.15) is 5.75 Å². The first-order valence-corrected chi connectivity index (χ1v) is 4.96. The average Bonchev–Trinajstić information content (AvgIpc) is 2.17. The fraction of sp³-hybridized carbons (Fsp3) is 0.417. The van der Waals surface area contributed by atoms with Crippen LogP contribution in [0.25, 0.3) is 0 Å². The van der Waals surface area contributed by atoms with Gasteiger partial charge in [-0.15, -0.1) is 0 Å². The Labute approximate surface area is 90.0 Å². The summed E-state index contributed by atoms with van der Waals surface area (Å²) in [5.74, 6) is 0.569. The van der Waals surface area contributed by atoms with E-state index in [1.54, 1.807) is 14.0 Å². The van der Waals surface area contributed by atoms with E-state index < -0.39 is 0 Å². The van der Waals surface area contributed by atoms with Crippen LogP contribution in [0.5, 0.6) is 5.75 Å². The molecule has 0 N–H and O–H groups in total. The van der Waals surface area contributed by atoms with Crippen LogP contribution in [-0.4, -0.2) is 19.7 Å². The van der Waals surface area contributed by atoms with Crippen LogP contribution in [0.4, 0.5) is 0 Å². The highest BCUT2D eigenvalue weighted by Crippen LogP contribution is 2.16. The van der Waals surface area contributed by atoms with Crippen molar-refractivity contribution in [3.8, 4) is 5.75 Å². The second-order valence-corrected chi connectivity index (χ2v) is 3.34. The largest absolute Gasteiger partial charge is 0.497 e. The molecule has 0 radical (unpaired) electrons. The zero-order valence-corrected chi connectivity index (χ0v) is 9.37. The quantitative estimate of drug-likeness (QED) is 0.711. The van der Waals surface area contributed by atoms with Crippen molar-refractivity contribution in [2.24, 2.45) is 0 Å². The summed E-state index contributed by atoms with van der Waals surface area (Å²) in [6.07, 6.45) is 0.297. The Morgan fingerprint density at radius 3 is 2.67 bits per heavy atom. The molecule has 1 aromatic rings. The predicted molar refractivity (Wildman–Crippen MR) is 58.1 cm³/mol. The molecule has 0 aliphatic carbocycles. The molecule has 0 atom stereocenters. The standard InChI is InChI=1S/C12H16O3/c1-4-15-12(13)8-10-5-9(2)6-11(7-10)14-3/h5-7H,4,8H2,1-3H3. The smallest absolute Gasteiger partial charge is 0.310 e. The Kier molecular flexibility index (Phi) is 4.16. The number of methoxy groups -OCH3 is 1. The van der Waals surface area contributed by atoms with Gasteiger partial charge in [0.15, 0.2) is 0 Å². The van der Waals surface area contributed by atoms with Crippen LogP contribution in [0, 0.1) is 6.92 Å². The molecular weight excluding hydrogens is 192 g/mol.